The summed E-state index contributed by atoms with van der Waals surface area (Å²) in [6.07, 6.45) is 1.56. The number of piperidine rings is 1. The molecule has 1 aliphatic heterocycles. The van der Waals surface area contributed by atoms with Gasteiger partial charge in [-0.05, 0) is 52.4 Å². The highest BCUT2D eigenvalue weighted by Gasteiger charge is 2.36. The first kappa shape index (κ1) is 13.2. The second-order valence-corrected chi connectivity index (χ2v) is 6.72. The summed E-state index contributed by atoms with van der Waals surface area (Å²) in [4.78, 5) is 3.41. The van der Waals surface area contributed by atoms with Crippen LogP contribution in [-0.4, -0.2) is 18.2 Å². The van der Waals surface area contributed by atoms with E-state index in [1.807, 2.05) is 17.5 Å². The van der Waals surface area contributed by atoms with E-state index >= 15 is 0 Å². The Bertz CT molecular complexity index is 546. The largest absolute Gasteiger partial charge is 0.384 e. The molecule has 2 heterocycles. The van der Waals surface area contributed by atoms with Crippen LogP contribution in [0, 0.1) is 0 Å². The molecule has 0 spiro atoms. The summed E-state index contributed by atoms with van der Waals surface area (Å²) >= 11 is 5.17. The fourth-order valence-corrected chi connectivity index (χ4v) is 4.53. The summed E-state index contributed by atoms with van der Waals surface area (Å²) in [5.74, 6) is 0. The van der Waals surface area contributed by atoms with Crippen molar-refractivity contribution in [3.8, 4) is 0 Å². The van der Waals surface area contributed by atoms with E-state index in [0.29, 0.717) is 0 Å². The lowest BCUT2D eigenvalue weighted by Gasteiger charge is -2.39. The molecule has 100 valence electrons. The number of anilines is 1. The van der Waals surface area contributed by atoms with Crippen LogP contribution in [0.25, 0.3) is 0 Å². The molecule has 2 aromatic rings. The maximum atomic E-state index is 10.8. The summed E-state index contributed by atoms with van der Waals surface area (Å²) in [7, 11) is 0. The molecule has 1 N–H and O–H groups in total. The Morgan fingerprint density at radius 3 is 2.37 bits per heavy atom. The predicted molar refractivity (Wildman–Crippen MR) is 83.8 cm³/mol. The minimum atomic E-state index is -0.668. The first-order valence-electron chi connectivity index (χ1n) is 6.45. The first-order valence-corrected chi connectivity index (χ1v) is 8.12. The van der Waals surface area contributed by atoms with Gasteiger partial charge in [-0.15, -0.1) is 11.3 Å². The third kappa shape index (κ3) is 2.57. The van der Waals surface area contributed by atoms with Crippen molar-refractivity contribution in [2.45, 2.75) is 18.4 Å². The van der Waals surface area contributed by atoms with Crippen LogP contribution in [0.3, 0.4) is 0 Å². The molecule has 0 atom stereocenters. The Kier molecular flexibility index (Phi) is 3.65. The second kappa shape index (κ2) is 5.27. The van der Waals surface area contributed by atoms with E-state index in [4.69, 9.17) is 0 Å². The molecule has 4 heteroatoms. The second-order valence-electron chi connectivity index (χ2n) is 4.95. The summed E-state index contributed by atoms with van der Waals surface area (Å²) in [5.41, 5.74) is 0.577. The molecule has 0 radical (unpaired) electrons. The molecule has 1 aliphatic rings. The van der Waals surface area contributed by atoms with Crippen molar-refractivity contribution in [3.63, 3.8) is 0 Å². The van der Waals surface area contributed by atoms with Crippen molar-refractivity contribution >= 4 is 33.0 Å². The Labute approximate surface area is 125 Å². The zero-order chi connectivity index (χ0) is 13.3. The average Bonchev–Trinajstić information content (AvgIpc) is 2.88. The van der Waals surface area contributed by atoms with Gasteiger partial charge in [0.2, 0.25) is 0 Å². The van der Waals surface area contributed by atoms with Crippen LogP contribution >= 0.6 is 27.3 Å². The molecular formula is C15H16BrNOS. The molecule has 1 saturated heterocycles. The normalized spacial score (nSPS) is 18.5. The van der Waals surface area contributed by atoms with E-state index in [2.05, 4.69) is 45.1 Å². The highest BCUT2D eigenvalue weighted by atomic mass is 79.9. The van der Waals surface area contributed by atoms with Gasteiger partial charge in [0.25, 0.3) is 0 Å². The zero-order valence-corrected chi connectivity index (χ0v) is 13.0. The van der Waals surface area contributed by atoms with E-state index < -0.39 is 5.60 Å². The Morgan fingerprint density at radius 1 is 1.11 bits per heavy atom. The van der Waals surface area contributed by atoms with Crippen LogP contribution in [0.15, 0.2) is 46.3 Å². The number of benzene rings is 1. The lowest BCUT2D eigenvalue weighted by molar-refractivity contribution is 0.0147. The van der Waals surface area contributed by atoms with Crippen molar-refractivity contribution in [2.24, 2.45) is 0 Å². The fraction of sp³-hybridized carbons (Fsp3) is 0.333. The summed E-state index contributed by atoms with van der Waals surface area (Å²) < 4.78 is 1.04. The number of thiophene rings is 1. The van der Waals surface area contributed by atoms with Gasteiger partial charge in [-0.2, -0.15) is 0 Å². The summed E-state index contributed by atoms with van der Waals surface area (Å²) in [6, 6.07) is 12.4. The van der Waals surface area contributed by atoms with Crippen molar-refractivity contribution in [1.82, 2.24) is 0 Å². The van der Waals surface area contributed by atoms with Gasteiger partial charge in [0, 0.05) is 23.2 Å². The molecule has 1 aromatic carbocycles. The summed E-state index contributed by atoms with van der Waals surface area (Å²) in [6.45, 7) is 1.79. The average molecular weight is 338 g/mol. The first-order chi connectivity index (χ1) is 9.19. The molecule has 3 rings (SSSR count). The van der Waals surface area contributed by atoms with E-state index in [9.17, 15) is 5.11 Å². The lowest BCUT2D eigenvalue weighted by atomic mass is 9.89. The van der Waals surface area contributed by atoms with Gasteiger partial charge in [0.1, 0.15) is 5.60 Å². The van der Waals surface area contributed by atoms with Crippen molar-refractivity contribution in [2.75, 3.05) is 18.0 Å². The van der Waals surface area contributed by atoms with E-state index in [0.717, 1.165) is 35.3 Å². The maximum absolute atomic E-state index is 10.8. The minimum absolute atomic E-state index is 0.668. The van der Waals surface area contributed by atoms with Gasteiger partial charge in [-0.25, -0.2) is 0 Å². The van der Waals surface area contributed by atoms with Crippen LogP contribution in [-0.2, 0) is 5.60 Å². The topological polar surface area (TPSA) is 23.5 Å². The Balaban J connectivity index is 1.75. The van der Waals surface area contributed by atoms with Gasteiger partial charge in [0.15, 0.2) is 0 Å². The predicted octanol–water partition coefficient (Wildman–Crippen LogP) is 4.00. The number of para-hydroxylation sites is 1. The van der Waals surface area contributed by atoms with Gasteiger partial charge in [0.05, 0.1) is 4.88 Å². The van der Waals surface area contributed by atoms with Crippen LogP contribution in [0.1, 0.15) is 17.7 Å². The molecule has 2 nitrogen and oxygen atoms in total. The molecule has 1 fully saturated rings. The molecule has 0 saturated carbocycles. The monoisotopic (exact) mass is 337 g/mol. The number of rotatable bonds is 2. The lowest BCUT2D eigenvalue weighted by Crippen LogP contribution is -2.42. The van der Waals surface area contributed by atoms with Gasteiger partial charge in [-0.1, -0.05) is 18.2 Å². The quantitative estimate of drug-likeness (QED) is 0.895. The minimum Gasteiger partial charge on any atom is -0.384 e. The van der Waals surface area contributed by atoms with Crippen molar-refractivity contribution < 1.29 is 5.11 Å². The number of hydrogen-bond acceptors (Lipinski definition) is 3. The third-order valence-electron chi connectivity index (χ3n) is 3.75. The van der Waals surface area contributed by atoms with E-state index in [1.165, 1.54) is 5.69 Å². The molecule has 0 amide bonds. The Hall–Kier alpha value is -0.840. The third-order valence-corrected chi connectivity index (χ3v) is 5.78. The smallest absolute Gasteiger partial charge is 0.103 e. The fourth-order valence-electron chi connectivity index (χ4n) is 2.63. The number of aliphatic hydroxyl groups is 1. The van der Waals surface area contributed by atoms with Gasteiger partial charge >= 0.3 is 0 Å². The van der Waals surface area contributed by atoms with Crippen LogP contribution in [0.5, 0.6) is 0 Å². The van der Waals surface area contributed by atoms with E-state index in [1.54, 1.807) is 11.3 Å². The molecular weight excluding hydrogens is 322 g/mol. The van der Waals surface area contributed by atoms with Crippen LogP contribution in [0.4, 0.5) is 5.69 Å². The van der Waals surface area contributed by atoms with Gasteiger partial charge in [-0.3, -0.25) is 0 Å². The molecule has 19 heavy (non-hydrogen) atoms. The molecule has 0 aliphatic carbocycles. The highest BCUT2D eigenvalue weighted by Crippen LogP contribution is 2.40. The Morgan fingerprint density at radius 2 is 1.79 bits per heavy atom. The number of nitrogens with zero attached hydrogens (tertiary/aromatic N) is 1. The van der Waals surface area contributed by atoms with Gasteiger partial charge < -0.3 is 10.0 Å². The maximum Gasteiger partial charge on any atom is 0.103 e. The molecule has 0 bridgehead atoms. The van der Waals surface area contributed by atoms with E-state index in [-0.39, 0.29) is 0 Å². The zero-order valence-electron chi connectivity index (χ0n) is 10.6. The highest BCUT2D eigenvalue weighted by molar-refractivity contribution is 9.10. The van der Waals surface area contributed by atoms with Crippen LogP contribution < -0.4 is 4.90 Å². The molecule has 0 unspecified atom stereocenters. The van der Waals surface area contributed by atoms with Crippen LogP contribution in [0.2, 0.25) is 0 Å². The summed E-state index contributed by atoms with van der Waals surface area (Å²) in [5, 5.41) is 12.9. The number of halogens is 1. The SMILES string of the molecule is OC1(c2sccc2Br)CCN(c2ccccc2)CC1. The van der Waals surface area contributed by atoms with Crippen molar-refractivity contribution in [1.29, 1.82) is 0 Å². The van der Waals surface area contributed by atoms with Crippen molar-refractivity contribution in [3.05, 3.63) is 51.1 Å². The number of hydrogen-bond donors (Lipinski definition) is 1. The standard InChI is InChI=1S/C15H16BrNOS/c16-13-6-11-19-14(13)15(18)7-9-17(10-8-15)12-4-2-1-3-5-12/h1-6,11,18H,7-10H2. The molecule has 1 aromatic heterocycles.